The smallest absolute Gasteiger partial charge is 0.311 e. The lowest BCUT2D eigenvalue weighted by Crippen LogP contribution is -2.44. The monoisotopic (exact) mass is 675 g/mol. The van der Waals surface area contributed by atoms with Crippen LogP contribution in [0.3, 0.4) is 0 Å². The van der Waals surface area contributed by atoms with Crippen LogP contribution in [0, 0.1) is 0 Å². The Balaban J connectivity index is 1.28. The summed E-state index contributed by atoms with van der Waals surface area (Å²) in [4.78, 5) is 32.7. The molecule has 0 spiro atoms. The number of ether oxygens (including phenoxy) is 1. The first-order chi connectivity index (χ1) is 22.8. The van der Waals surface area contributed by atoms with Crippen molar-refractivity contribution in [2.24, 2.45) is 5.73 Å². The lowest BCUT2D eigenvalue weighted by molar-refractivity contribution is -0.144. The molecule has 2 aromatic carbocycles. The Bertz CT molecular complexity index is 1750. The van der Waals surface area contributed by atoms with E-state index in [1.54, 1.807) is 6.20 Å². The van der Waals surface area contributed by atoms with Crippen LogP contribution in [-0.4, -0.2) is 75.3 Å². The lowest BCUT2D eigenvalue weighted by Gasteiger charge is -2.33. The van der Waals surface area contributed by atoms with Gasteiger partial charge in [0.1, 0.15) is 0 Å². The summed E-state index contributed by atoms with van der Waals surface area (Å²) in [5.41, 5.74) is 12.7. The number of hydrogen-bond donors (Lipinski definition) is 2. The summed E-state index contributed by atoms with van der Waals surface area (Å²) in [5.74, 6) is -1.64. The van der Waals surface area contributed by atoms with Gasteiger partial charge in [-0.05, 0) is 60.9 Å². The van der Waals surface area contributed by atoms with Crippen molar-refractivity contribution < 1.29 is 14.3 Å². The van der Waals surface area contributed by atoms with Gasteiger partial charge >= 0.3 is 11.8 Å². The first kappa shape index (κ1) is 33.1. The molecule has 12 heteroatoms. The third kappa shape index (κ3) is 7.69. The zero-order valence-corrected chi connectivity index (χ0v) is 27.9. The average Bonchev–Trinajstić information content (AvgIpc) is 3.44. The van der Waals surface area contributed by atoms with Crippen LogP contribution in [0.25, 0.3) is 22.4 Å². The van der Waals surface area contributed by atoms with E-state index in [1.165, 1.54) is 4.90 Å². The zero-order valence-electron chi connectivity index (χ0n) is 26.4. The van der Waals surface area contributed by atoms with Crippen molar-refractivity contribution >= 4 is 35.0 Å². The molecule has 0 unspecified atom stereocenters. The predicted molar refractivity (Wildman–Crippen MR) is 183 cm³/mol. The van der Waals surface area contributed by atoms with Crippen molar-refractivity contribution in [2.45, 2.75) is 52.0 Å². The molecular formula is C35H39Cl2N7O3. The van der Waals surface area contributed by atoms with Crippen molar-refractivity contribution in [1.29, 1.82) is 0 Å². The highest BCUT2D eigenvalue weighted by atomic mass is 35.5. The Morgan fingerprint density at radius 3 is 2.64 bits per heavy atom. The number of fused-ring (bicyclic) bond motifs is 1. The van der Waals surface area contributed by atoms with E-state index in [2.05, 4.69) is 26.8 Å². The number of nitrogens with one attached hydrogen (secondary N) is 1. The van der Waals surface area contributed by atoms with Gasteiger partial charge in [0.2, 0.25) is 0 Å². The maximum absolute atomic E-state index is 12.6. The van der Waals surface area contributed by atoms with E-state index in [-0.39, 0.29) is 6.54 Å². The van der Waals surface area contributed by atoms with E-state index in [1.807, 2.05) is 54.6 Å². The van der Waals surface area contributed by atoms with Crippen LogP contribution in [0.15, 0.2) is 60.8 Å². The van der Waals surface area contributed by atoms with Crippen LogP contribution in [0.1, 0.15) is 35.9 Å². The van der Waals surface area contributed by atoms with Crippen molar-refractivity contribution in [1.82, 2.24) is 29.9 Å². The fourth-order valence-electron chi connectivity index (χ4n) is 6.35. The highest BCUT2D eigenvalue weighted by Gasteiger charge is 2.30. The summed E-state index contributed by atoms with van der Waals surface area (Å²) in [6.45, 7) is 8.16. The number of hydrogen-bond acceptors (Lipinski definition) is 7. The molecule has 47 heavy (non-hydrogen) atoms. The summed E-state index contributed by atoms with van der Waals surface area (Å²) in [6.07, 6.45) is 3.29. The fourth-order valence-corrected chi connectivity index (χ4v) is 6.76. The summed E-state index contributed by atoms with van der Waals surface area (Å²) in [6, 6.07) is 18.0. The minimum Gasteiger partial charge on any atom is -0.379 e. The maximum Gasteiger partial charge on any atom is 0.311 e. The van der Waals surface area contributed by atoms with Gasteiger partial charge in [-0.25, -0.2) is 0 Å². The molecule has 0 saturated carbocycles. The number of morpholine rings is 1. The molecule has 2 aliphatic heterocycles. The first-order valence-electron chi connectivity index (χ1n) is 16.0. The molecule has 0 radical (unpaired) electrons. The van der Waals surface area contributed by atoms with Crippen molar-refractivity contribution in [3.63, 3.8) is 0 Å². The number of benzene rings is 2. The Morgan fingerprint density at radius 1 is 1.02 bits per heavy atom. The number of carbonyl (C=O) groups is 2. The van der Waals surface area contributed by atoms with E-state index in [0.29, 0.717) is 42.1 Å². The average molecular weight is 677 g/mol. The zero-order chi connectivity index (χ0) is 32.9. The SMILES string of the molecule is C[C@H]1COCCN1CCCn1nc(-c2ccc(Cl)c(-c3ccc(Cl)c(CNCc4ccccn4)c3)c2)c2c1CCN(C(=O)C(N)=O)C2. The molecule has 3 N–H and O–H groups in total. The molecule has 0 bridgehead atoms. The molecule has 246 valence electrons. The Labute approximate surface area is 284 Å². The van der Waals surface area contributed by atoms with Crippen molar-refractivity contribution in [3.8, 4) is 22.4 Å². The third-order valence-electron chi connectivity index (χ3n) is 8.90. The van der Waals surface area contributed by atoms with Crippen LogP contribution in [0.4, 0.5) is 0 Å². The highest BCUT2D eigenvalue weighted by molar-refractivity contribution is 6.34. The van der Waals surface area contributed by atoms with Crippen LogP contribution in [-0.2, 0) is 46.9 Å². The quantitative estimate of drug-likeness (QED) is 0.234. The topological polar surface area (TPSA) is 119 Å². The summed E-state index contributed by atoms with van der Waals surface area (Å²) in [5, 5.41) is 9.79. The molecule has 1 saturated heterocycles. The number of halogens is 2. The number of primary amides is 1. The van der Waals surface area contributed by atoms with Gasteiger partial charge in [-0.15, -0.1) is 0 Å². The van der Waals surface area contributed by atoms with Gasteiger partial charge in [-0.1, -0.05) is 41.4 Å². The van der Waals surface area contributed by atoms with Gasteiger partial charge in [0.15, 0.2) is 0 Å². The Kier molecular flexibility index (Phi) is 10.5. The van der Waals surface area contributed by atoms with E-state index < -0.39 is 11.8 Å². The van der Waals surface area contributed by atoms with Crippen LogP contribution >= 0.6 is 23.2 Å². The highest BCUT2D eigenvalue weighted by Crippen LogP contribution is 2.37. The molecule has 4 heterocycles. The Morgan fingerprint density at radius 2 is 1.85 bits per heavy atom. The second-order valence-corrected chi connectivity index (χ2v) is 12.9. The molecule has 2 aromatic heterocycles. The van der Waals surface area contributed by atoms with Gasteiger partial charge in [0.05, 0.1) is 31.1 Å². The molecule has 2 aliphatic rings. The number of carbonyl (C=O) groups excluding carboxylic acids is 2. The van der Waals surface area contributed by atoms with E-state index in [4.69, 9.17) is 38.8 Å². The van der Waals surface area contributed by atoms with E-state index >= 15 is 0 Å². The number of pyridine rings is 1. The van der Waals surface area contributed by atoms with Gasteiger partial charge in [0, 0.05) is 90.4 Å². The molecule has 1 atom stereocenters. The van der Waals surface area contributed by atoms with E-state index in [0.717, 1.165) is 84.2 Å². The standard InChI is InChI=1S/C35H39Cl2N7O3/c1-23-22-47-16-15-42(23)12-4-13-44-32-10-14-43(35(46)34(38)45)21-29(32)33(41-44)25-7-9-31(37)28(18-25)24-6-8-30(36)26(17-24)19-39-20-27-5-2-3-11-40-27/h2-3,5-9,11,17-18,23,39H,4,10,12-16,19-22H2,1H3,(H2,38,45)/t23-/m0/s1. The van der Waals surface area contributed by atoms with Crippen molar-refractivity contribution in [2.75, 3.05) is 32.8 Å². The molecule has 2 amide bonds. The fraction of sp³-hybridized carbons (Fsp3) is 0.371. The summed E-state index contributed by atoms with van der Waals surface area (Å²) < 4.78 is 7.67. The summed E-state index contributed by atoms with van der Waals surface area (Å²) in [7, 11) is 0. The predicted octanol–water partition coefficient (Wildman–Crippen LogP) is 4.69. The van der Waals surface area contributed by atoms with Gasteiger partial charge in [0.25, 0.3) is 0 Å². The Hall–Kier alpha value is -3.80. The number of aromatic nitrogens is 3. The molecule has 1 fully saturated rings. The normalized spacial score (nSPS) is 16.7. The van der Waals surface area contributed by atoms with Gasteiger partial charge in [-0.2, -0.15) is 5.10 Å². The molecule has 4 aromatic rings. The number of aryl methyl sites for hydroxylation is 1. The van der Waals surface area contributed by atoms with Crippen LogP contribution in [0.2, 0.25) is 10.0 Å². The number of nitrogens with zero attached hydrogens (tertiary/aromatic N) is 5. The third-order valence-corrected chi connectivity index (χ3v) is 9.60. The van der Waals surface area contributed by atoms with Crippen LogP contribution in [0.5, 0.6) is 0 Å². The molecule has 6 rings (SSSR count). The molecule has 10 nitrogen and oxygen atoms in total. The van der Waals surface area contributed by atoms with E-state index in [9.17, 15) is 9.59 Å². The summed E-state index contributed by atoms with van der Waals surface area (Å²) >= 11 is 13.4. The van der Waals surface area contributed by atoms with Crippen LogP contribution < -0.4 is 11.1 Å². The largest absolute Gasteiger partial charge is 0.379 e. The minimum absolute atomic E-state index is 0.262. The molecule has 0 aliphatic carbocycles. The maximum atomic E-state index is 12.6. The molecular weight excluding hydrogens is 637 g/mol. The first-order valence-corrected chi connectivity index (χ1v) is 16.7. The van der Waals surface area contributed by atoms with Crippen molar-refractivity contribution in [3.05, 3.63) is 93.4 Å². The van der Waals surface area contributed by atoms with Gasteiger partial charge < -0.3 is 20.7 Å². The number of rotatable bonds is 10. The second kappa shape index (κ2) is 15.0. The number of amides is 2. The van der Waals surface area contributed by atoms with Gasteiger partial charge in [-0.3, -0.25) is 24.2 Å². The second-order valence-electron chi connectivity index (χ2n) is 12.1. The lowest BCUT2D eigenvalue weighted by atomic mass is 9.96. The number of nitrogens with two attached hydrogens (primary N) is 1. The minimum atomic E-state index is -0.955.